The van der Waals surface area contributed by atoms with E-state index in [0.29, 0.717) is 35.1 Å². The van der Waals surface area contributed by atoms with Crippen molar-refractivity contribution < 1.29 is 19.1 Å². The van der Waals surface area contributed by atoms with Crippen LogP contribution in [0.2, 0.25) is 5.02 Å². The molecule has 8 heteroatoms. The Bertz CT molecular complexity index is 1010. The molecule has 1 atom stereocenters. The second-order valence-corrected chi connectivity index (χ2v) is 7.60. The Hall–Kier alpha value is -3.06. The fraction of sp³-hybridized carbons (Fsp3) is 0.348. The Morgan fingerprint density at radius 3 is 2.58 bits per heavy atom. The number of methoxy groups -OCH3 is 2. The zero-order valence-electron chi connectivity index (χ0n) is 18.1. The first kappa shape index (κ1) is 22.6. The van der Waals surface area contributed by atoms with Crippen molar-refractivity contribution in [3.63, 3.8) is 0 Å². The van der Waals surface area contributed by atoms with Crippen LogP contribution in [0.5, 0.6) is 11.5 Å². The molecule has 2 aromatic carbocycles. The molecule has 31 heavy (non-hydrogen) atoms. The van der Waals surface area contributed by atoms with Crippen molar-refractivity contribution in [2.75, 3.05) is 27.8 Å². The highest BCUT2D eigenvalue weighted by molar-refractivity contribution is 6.34. The van der Waals surface area contributed by atoms with Gasteiger partial charge in [0.15, 0.2) is 0 Å². The monoisotopic (exact) mass is 443 g/mol. The minimum absolute atomic E-state index is 0.0746. The van der Waals surface area contributed by atoms with Crippen LogP contribution in [0.15, 0.2) is 47.6 Å². The largest absolute Gasteiger partial charge is 0.497 e. The number of hydrazone groups is 1. The predicted molar refractivity (Wildman–Crippen MR) is 120 cm³/mol. The number of ether oxygens (including phenoxy) is 2. The minimum atomic E-state index is -0.422. The summed E-state index contributed by atoms with van der Waals surface area (Å²) in [6, 6.07) is 12.4. The van der Waals surface area contributed by atoms with Crippen LogP contribution in [-0.2, 0) is 9.59 Å². The normalized spacial score (nSPS) is 15.5. The molecule has 2 aromatic rings. The van der Waals surface area contributed by atoms with Gasteiger partial charge in [-0.1, -0.05) is 36.7 Å². The van der Waals surface area contributed by atoms with E-state index in [1.807, 2.05) is 24.3 Å². The molecule has 7 nitrogen and oxygen atoms in total. The molecule has 0 spiro atoms. The van der Waals surface area contributed by atoms with Crippen LogP contribution < -0.4 is 9.47 Å². The number of carbonyl (C=O) groups excluding carboxylic acids is 2. The highest BCUT2D eigenvalue weighted by Crippen LogP contribution is 2.40. The molecule has 0 radical (unpaired) electrons. The van der Waals surface area contributed by atoms with Crippen LogP contribution in [0.1, 0.15) is 36.9 Å². The molecule has 1 heterocycles. The first-order valence-electron chi connectivity index (χ1n) is 9.99. The maximum Gasteiger partial charge on any atom is 0.262 e. The quantitative estimate of drug-likeness (QED) is 0.650. The second-order valence-electron chi connectivity index (χ2n) is 7.20. The Labute approximate surface area is 187 Å². The van der Waals surface area contributed by atoms with E-state index in [1.165, 1.54) is 9.91 Å². The summed E-state index contributed by atoms with van der Waals surface area (Å²) in [7, 11) is 4.77. The molecular weight excluding hydrogens is 418 g/mol. The van der Waals surface area contributed by atoms with Crippen molar-refractivity contribution in [3.8, 4) is 11.5 Å². The average molecular weight is 444 g/mol. The van der Waals surface area contributed by atoms with Gasteiger partial charge in [-0.05, 0) is 24.3 Å². The molecule has 0 saturated carbocycles. The summed E-state index contributed by atoms with van der Waals surface area (Å²) < 4.78 is 10.9. The number of likely N-dealkylation sites (N-methyl/N-ethyl adjacent to an activating group) is 1. The molecule has 3 rings (SSSR count). The van der Waals surface area contributed by atoms with Gasteiger partial charge in [0, 0.05) is 36.0 Å². The van der Waals surface area contributed by atoms with Gasteiger partial charge in [0.1, 0.15) is 18.0 Å². The highest BCUT2D eigenvalue weighted by Gasteiger charge is 2.36. The highest BCUT2D eigenvalue weighted by atomic mass is 35.5. The fourth-order valence-corrected chi connectivity index (χ4v) is 3.82. The third-order valence-corrected chi connectivity index (χ3v) is 5.58. The molecule has 0 fully saturated rings. The average Bonchev–Trinajstić information content (AvgIpc) is 3.23. The smallest absolute Gasteiger partial charge is 0.262 e. The molecule has 2 amide bonds. The lowest BCUT2D eigenvalue weighted by molar-refractivity contribution is -0.140. The van der Waals surface area contributed by atoms with Crippen molar-refractivity contribution in [2.45, 2.75) is 25.8 Å². The summed E-state index contributed by atoms with van der Waals surface area (Å²) in [5, 5.41) is 6.61. The number of carbonyl (C=O) groups is 2. The zero-order chi connectivity index (χ0) is 22.5. The third-order valence-electron chi connectivity index (χ3n) is 5.25. The van der Waals surface area contributed by atoms with Crippen LogP contribution in [0.25, 0.3) is 0 Å². The molecule has 1 aliphatic heterocycles. The first-order chi connectivity index (χ1) is 14.9. The summed E-state index contributed by atoms with van der Waals surface area (Å²) in [6.45, 7) is 1.69. The summed E-state index contributed by atoms with van der Waals surface area (Å²) >= 11 is 6.39. The van der Waals surface area contributed by atoms with Crippen molar-refractivity contribution in [2.24, 2.45) is 5.10 Å². The van der Waals surface area contributed by atoms with Gasteiger partial charge in [-0.3, -0.25) is 9.59 Å². The van der Waals surface area contributed by atoms with Gasteiger partial charge in [0.05, 0.1) is 26.0 Å². The zero-order valence-corrected chi connectivity index (χ0v) is 18.8. The lowest BCUT2D eigenvalue weighted by atomic mass is 9.97. The van der Waals surface area contributed by atoms with E-state index >= 15 is 0 Å². The standard InChI is InChI=1S/C23H26ClN3O4/c1-5-22(28)26(2)14-23(29)27-20(17-12-15(30-3)10-11-21(17)31-4)13-19(25-27)16-8-6-7-9-18(16)24/h6-12,20H,5,13-14H2,1-4H3/t20-/m1/s1. The Morgan fingerprint density at radius 2 is 1.94 bits per heavy atom. The van der Waals surface area contributed by atoms with Gasteiger partial charge in [0.25, 0.3) is 5.91 Å². The summed E-state index contributed by atoms with van der Waals surface area (Å²) in [6.07, 6.45) is 0.773. The van der Waals surface area contributed by atoms with Crippen molar-refractivity contribution >= 4 is 29.1 Å². The van der Waals surface area contributed by atoms with E-state index < -0.39 is 6.04 Å². The van der Waals surface area contributed by atoms with Crippen LogP contribution in [-0.4, -0.2) is 55.2 Å². The topological polar surface area (TPSA) is 71.4 Å². The molecule has 0 unspecified atom stereocenters. The maximum absolute atomic E-state index is 13.2. The SMILES string of the molecule is CCC(=O)N(C)CC(=O)N1N=C(c2ccccc2Cl)C[C@@H]1c1cc(OC)ccc1OC. The molecule has 0 aromatic heterocycles. The van der Waals surface area contributed by atoms with Gasteiger partial charge in [-0.2, -0.15) is 5.10 Å². The summed E-state index contributed by atoms with van der Waals surface area (Å²) in [4.78, 5) is 26.6. The van der Waals surface area contributed by atoms with Crippen LogP contribution in [0, 0.1) is 0 Å². The van der Waals surface area contributed by atoms with E-state index in [-0.39, 0.29) is 18.4 Å². The molecule has 0 N–H and O–H groups in total. The van der Waals surface area contributed by atoms with Crippen LogP contribution >= 0.6 is 11.6 Å². The van der Waals surface area contributed by atoms with E-state index in [0.717, 1.165) is 11.1 Å². The van der Waals surface area contributed by atoms with E-state index in [1.54, 1.807) is 46.4 Å². The van der Waals surface area contributed by atoms with Gasteiger partial charge >= 0.3 is 0 Å². The molecule has 0 aliphatic carbocycles. The number of amides is 2. The van der Waals surface area contributed by atoms with Crippen LogP contribution in [0.4, 0.5) is 0 Å². The number of hydrogen-bond acceptors (Lipinski definition) is 5. The molecule has 0 saturated heterocycles. The Morgan fingerprint density at radius 1 is 1.19 bits per heavy atom. The van der Waals surface area contributed by atoms with Gasteiger partial charge in [0.2, 0.25) is 5.91 Å². The van der Waals surface area contributed by atoms with Crippen LogP contribution in [0.3, 0.4) is 0 Å². The summed E-state index contributed by atoms with van der Waals surface area (Å²) in [5.74, 6) is 0.865. The number of benzene rings is 2. The van der Waals surface area contributed by atoms with E-state index in [2.05, 4.69) is 5.10 Å². The third kappa shape index (κ3) is 4.82. The summed E-state index contributed by atoms with van der Waals surface area (Å²) in [5.41, 5.74) is 2.23. The van der Waals surface area contributed by atoms with Gasteiger partial charge < -0.3 is 14.4 Å². The molecular formula is C23H26ClN3O4. The van der Waals surface area contributed by atoms with E-state index in [9.17, 15) is 9.59 Å². The fourth-order valence-electron chi connectivity index (χ4n) is 3.57. The molecule has 1 aliphatic rings. The van der Waals surface area contributed by atoms with Gasteiger partial charge in [-0.25, -0.2) is 5.01 Å². The Kier molecular flexibility index (Phi) is 7.17. The minimum Gasteiger partial charge on any atom is -0.497 e. The first-order valence-corrected chi connectivity index (χ1v) is 10.4. The number of nitrogens with zero attached hydrogens (tertiary/aromatic N) is 3. The number of rotatable bonds is 7. The number of halogens is 1. The molecule has 164 valence electrons. The maximum atomic E-state index is 13.2. The van der Waals surface area contributed by atoms with Crippen molar-refractivity contribution in [3.05, 3.63) is 58.6 Å². The Balaban J connectivity index is 2.02. The predicted octanol–water partition coefficient (Wildman–Crippen LogP) is 3.90. The molecule has 0 bridgehead atoms. The number of hydrogen-bond donors (Lipinski definition) is 0. The lowest BCUT2D eigenvalue weighted by Gasteiger charge is -2.26. The lowest BCUT2D eigenvalue weighted by Crippen LogP contribution is -2.39. The van der Waals surface area contributed by atoms with Crippen molar-refractivity contribution in [1.82, 2.24) is 9.91 Å². The van der Waals surface area contributed by atoms with Crippen molar-refractivity contribution in [1.29, 1.82) is 0 Å². The van der Waals surface area contributed by atoms with Gasteiger partial charge in [-0.15, -0.1) is 0 Å². The second kappa shape index (κ2) is 9.83. The van der Waals surface area contributed by atoms with E-state index in [4.69, 9.17) is 21.1 Å².